The van der Waals surface area contributed by atoms with Crippen LogP contribution in [0, 0.1) is 5.41 Å². The number of hydrogen-bond donors (Lipinski definition) is 0. The van der Waals surface area contributed by atoms with E-state index in [1.807, 2.05) is 24.5 Å². The number of piperidine rings is 1. The maximum atomic E-state index is 5.51. The van der Waals surface area contributed by atoms with Gasteiger partial charge in [0.05, 0.1) is 12.8 Å². The molecule has 23 heavy (non-hydrogen) atoms. The Hall–Kier alpha value is -1.88. The highest BCUT2D eigenvalue weighted by atomic mass is 16.3. The van der Waals surface area contributed by atoms with Gasteiger partial charge in [0.1, 0.15) is 5.76 Å². The SMILES string of the molecule is CN(Cc1ccco1)C1CCC12CCN(c1ncccn1)CC2. The Morgan fingerprint density at radius 2 is 2.00 bits per heavy atom. The molecule has 1 saturated heterocycles. The third kappa shape index (κ3) is 2.74. The van der Waals surface area contributed by atoms with Crippen LogP contribution in [-0.4, -0.2) is 41.0 Å². The molecular formula is C18H24N4O. The molecule has 1 saturated carbocycles. The van der Waals surface area contributed by atoms with Crippen LogP contribution in [0.4, 0.5) is 5.95 Å². The maximum Gasteiger partial charge on any atom is 0.225 e. The Balaban J connectivity index is 1.38. The molecule has 3 heterocycles. The molecule has 2 aromatic rings. The third-order valence-electron chi connectivity index (χ3n) is 5.73. The molecule has 0 radical (unpaired) electrons. The molecule has 2 aromatic heterocycles. The average Bonchev–Trinajstić information content (AvgIpc) is 3.07. The van der Waals surface area contributed by atoms with E-state index < -0.39 is 0 Å². The van der Waals surface area contributed by atoms with Crippen molar-refractivity contribution in [2.75, 3.05) is 25.0 Å². The second-order valence-electron chi connectivity index (χ2n) is 6.95. The molecule has 4 rings (SSSR count). The van der Waals surface area contributed by atoms with Crippen LogP contribution in [0.2, 0.25) is 0 Å². The molecule has 1 atom stereocenters. The average molecular weight is 312 g/mol. The minimum atomic E-state index is 0.479. The van der Waals surface area contributed by atoms with Crippen molar-refractivity contribution in [1.82, 2.24) is 14.9 Å². The summed E-state index contributed by atoms with van der Waals surface area (Å²) in [6.45, 7) is 3.04. The van der Waals surface area contributed by atoms with E-state index in [1.54, 1.807) is 6.26 Å². The van der Waals surface area contributed by atoms with Gasteiger partial charge in [-0.15, -0.1) is 0 Å². The molecule has 1 aliphatic heterocycles. The van der Waals surface area contributed by atoms with Gasteiger partial charge < -0.3 is 9.32 Å². The van der Waals surface area contributed by atoms with E-state index in [1.165, 1.54) is 25.7 Å². The van der Waals surface area contributed by atoms with E-state index in [0.717, 1.165) is 31.3 Å². The van der Waals surface area contributed by atoms with Crippen molar-refractivity contribution in [2.24, 2.45) is 5.41 Å². The molecule has 2 fully saturated rings. The number of anilines is 1. The minimum absolute atomic E-state index is 0.479. The van der Waals surface area contributed by atoms with E-state index in [2.05, 4.69) is 32.9 Å². The predicted octanol–water partition coefficient (Wildman–Crippen LogP) is 2.95. The summed E-state index contributed by atoms with van der Waals surface area (Å²) in [6.07, 6.45) is 10.5. The number of hydrogen-bond acceptors (Lipinski definition) is 5. The zero-order valence-electron chi connectivity index (χ0n) is 13.7. The van der Waals surface area contributed by atoms with E-state index in [4.69, 9.17) is 4.42 Å². The first kappa shape index (κ1) is 14.7. The van der Waals surface area contributed by atoms with Crippen LogP contribution in [0.15, 0.2) is 41.3 Å². The van der Waals surface area contributed by atoms with Crippen molar-refractivity contribution >= 4 is 5.95 Å². The lowest BCUT2D eigenvalue weighted by atomic mass is 9.59. The van der Waals surface area contributed by atoms with E-state index >= 15 is 0 Å². The summed E-state index contributed by atoms with van der Waals surface area (Å²) in [6, 6.07) is 6.59. The second-order valence-corrected chi connectivity index (χ2v) is 6.95. The van der Waals surface area contributed by atoms with Crippen LogP contribution in [-0.2, 0) is 6.54 Å². The van der Waals surface area contributed by atoms with Gasteiger partial charge in [-0.1, -0.05) is 0 Å². The molecule has 2 aliphatic rings. The van der Waals surface area contributed by atoms with Gasteiger partial charge in [0.2, 0.25) is 5.95 Å². The molecule has 0 aromatic carbocycles. The van der Waals surface area contributed by atoms with Gasteiger partial charge in [-0.2, -0.15) is 0 Å². The van der Waals surface area contributed by atoms with Crippen LogP contribution in [0.3, 0.4) is 0 Å². The van der Waals surface area contributed by atoms with Crippen molar-refractivity contribution in [3.8, 4) is 0 Å². The first-order valence-corrected chi connectivity index (χ1v) is 8.51. The fourth-order valence-corrected chi connectivity index (χ4v) is 4.32. The summed E-state index contributed by atoms with van der Waals surface area (Å²) >= 11 is 0. The zero-order chi connectivity index (χ0) is 15.7. The highest BCUT2D eigenvalue weighted by molar-refractivity contribution is 5.30. The molecule has 0 bridgehead atoms. The first-order chi connectivity index (χ1) is 11.3. The smallest absolute Gasteiger partial charge is 0.225 e. The number of nitrogens with zero attached hydrogens (tertiary/aromatic N) is 4. The molecule has 1 unspecified atom stereocenters. The Morgan fingerprint density at radius 1 is 1.22 bits per heavy atom. The summed E-state index contributed by atoms with van der Waals surface area (Å²) in [5, 5.41) is 0. The monoisotopic (exact) mass is 312 g/mol. The summed E-state index contributed by atoms with van der Waals surface area (Å²) in [5.74, 6) is 1.94. The Kier molecular flexibility index (Phi) is 3.81. The zero-order valence-corrected chi connectivity index (χ0v) is 13.7. The van der Waals surface area contributed by atoms with Crippen LogP contribution in [0.5, 0.6) is 0 Å². The molecule has 1 aliphatic carbocycles. The number of rotatable bonds is 4. The molecule has 5 heteroatoms. The van der Waals surface area contributed by atoms with Crippen molar-refractivity contribution < 1.29 is 4.42 Å². The fraction of sp³-hybridized carbons (Fsp3) is 0.556. The van der Waals surface area contributed by atoms with Crippen LogP contribution in [0.25, 0.3) is 0 Å². The Bertz CT molecular complexity index is 620. The molecule has 0 N–H and O–H groups in total. The third-order valence-corrected chi connectivity index (χ3v) is 5.73. The molecule has 0 amide bonds. The largest absolute Gasteiger partial charge is 0.468 e. The van der Waals surface area contributed by atoms with Crippen molar-refractivity contribution in [2.45, 2.75) is 38.3 Å². The van der Waals surface area contributed by atoms with Crippen molar-refractivity contribution in [1.29, 1.82) is 0 Å². The summed E-state index contributed by atoms with van der Waals surface area (Å²) in [4.78, 5) is 13.6. The van der Waals surface area contributed by atoms with Crippen LogP contribution in [0.1, 0.15) is 31.4 Å². The first-order valence-electron chi connectivity index (χ1n) is 8.51. The molecule has 5 nitrogen and oxygen atoms in total. The normalized spacial score (nSPS) is 23.2. The van der Waals surface area contributed by atoms with E-state index in [-0.39, 0.29) is 0 Å². The minimum Gasteiger partial charge on any atom is -0.468 e. The Labute approximate surface area is 137 Å². The van der Waals surface area contributed by atoms with Gasteiger partial charge in [-0.3, -0.25) is 4.90 Å². The van der Waals surface area contributed by atoms with Gasteiger partial charge in [0.25, 0.3) is 0 Å². The summed E-state index contributed by atoms with van der Waals surface area (Å²) in [5.41, 5.74) is 0.479. The quantitative estimate of drug-likeness (QED) is 0.868. The number of aromatic nitrogens is 2. The summed E-state index contributed by atoms with van der Waals surface area (Å²) in [7, 11) is 2.24. The van der Waals surface area contributed by atoms with Gasteiger partial charge >= 0.3 is 0 Å². The topological polar surface area (TPSA) is 45.4 Å². The fourth-order valence-electron chi connectivity index (χ4n) is 4.32. The lowest BCUT2D eigenvalue weighted by Gasteiger charge is -2.56. The molecule has 122 valence electrons. The van der Waals surface area contributed by atoms with Gasteiger partial charge in [-0.05, 0) is 56.3 Å². The van der Waals surface area contributed by atoms with E-state index in [9.17, 15) is 0 Å². The van der Waals surface area contributed by atoms with Crippen molar-refractivity contribution in [3.63, 3.8) is 0 Å². The van der Waals surface area contributed by atoms with Crippen molar-refractivity contribution in [3.05, 3.63) is 42.6 Å². The highest BCUT2D eigenvalue weighted by Crippen LogP contribution is 2.51. The van der Waals surface area contributed by atoms with Crippen LogP contribution < -0.4 is 4.90 Å². The standard InChI is InChI=1S/C18H24N4O/c1-21(14-15-4-2-13-23-15)16-5-6-18(16)7-11-22(12-8-18)17-19-9-3-10-20-17/h2-4,9-10,13,16H,5-8,11-12,14H2,1H3. The molecular weight excluding hydrogens is 288 g/mol. The summed E-state index contributed by atoms with van der Waals surface area (Å²) < 4.78 is 5.51. The highest BCUT2D eigenvalue weighted by Gasteiger charge is 2.49. The van der Waals surface area contributed by atoms with Crippen LogP contribution >= 0.6 is 0 Å². The Morgan fingerprint density at radius 3 is 2.61 bits per heavy atom. The maximum absolute atomic E-state index is 5.51. The van der Waals surface area contributed by atoms with Gasteiger partial charge in [0.15, 0.2) is 0 Å². The lowest BCUT2D eigenvalue weighted by Crippen LogP contribution is -2.58. The number of furan rings is 1. The van der Waals surface area contributed by atoms with E-state index in [0.29, 0.717) is 11.5 Å². The molecule has 1 spiro atoms. The van der Waals surface area contributed by atoms with Gasteiger partial charge in [-0.25, -0.2) is 9.97 Å². The van der Waals surface area contributed by atoms with Gasteiger partial charge in [0, 0.05) is 31.5 Å². The lowest BCUT2D eigenvalue weighted by molar-refractivity contribution is -0.0384. The predicted molar refractivity (Wildman–Crippen MR) is 89.1 cm³/mol. The second kappa shape index (κ2) is 5.96.